The van der Waals surface area contributed by atoms with Crippen LogP contribution in [-0.4, -0.2) is 36.3 Å². The van der Waals surface area contributed by atoms with Crippen LogP contribution in [0.15, 0.2) is 23.0 Å². The number of hydrogen-bond donors (Lipinski definition) is 0. The summed E-state index contributed by atoms with van der Waals surface area (Å²) in [6.07, 6.45) is 4.97. The molecule has 28 heavy (non-hydrogen) atoms. The highest BCUT2D eigenvalue weighted by Gasteiger charge is 2.41. The molecule has 9 heteroatoms. The van der Waals surface area contributed by atoms with Crippen molar-refractivity contribution < 1.29 is 13.3 Å². The molecular weight excluding hydrogens is 473 g/mol. The predicted molar refractivity (Wildman–Crippen MR) is 119 cm³/mol. The highest BCUT2D eigenvalue weighted by atomic mass is 127. The van der Waals surface area contributed by atoms with E-state index in [2.05, 4.69) is 60.3 Å². The molecule has 0 saturated heterocycles. The van der Waals surface area contributed by atoms with E-state index in [1.54, 1.807) is 0 Å². The molecule has 3 aromatic rings. The molecule has 4 nitrogen and oxygen atoms in total. The number of rotatable bonds is 3. The van der Waals surface area contributed by atoms with Gasteiger partial charge in [0, 0.05) is 36.4 Å². The van der Waals surface area contributed by atoms with Crippen molar-refractivity contribution in [3.05, 3.63) is 33.5 Å². The van der Waals surface area contributed by atoms with E-state index in [-0.39, 0.29) is 24.1 Å². The van der Waals surface area contributed by atoms with Crippen LogP contribution in [0.1, 0.15) is 37.1 Å². The maximum Gasteiger partial charge on any atom is 0.248 e. The molecule has 0 aliphatic heterocycles. The molecule has 1 fully saturated rings. The van der Waals surface area contributed by atoms with Crippen molar-refractivity contribution in [1.29, 1.82) is 0 Å². The number of pyridine rings is 1. The van der Waals surface area contributed by atoms with Crippen LogP contribution in [0, 0.1) is 23.3 Å². The average molecular weight is 495 g/mol. The summed E-state index contributed by atoms with van der Waals surface area (Å²) < 4.78 is 36.0. The van der Waals surface area contributed by atoms with Crippen molar-refractivity contribution in [3.8, 4) is 11.1 Å². The Hall–Kier alpha value is -1.38. The van der Waals surface area contributed by atoms with Crippen LogP contribution >= 0.6 is 22.6 Å². The number of hydrogen-bond acceptors (Lipinski definition) is 3. The van der Waals surface area contributed by atoms with Gasteiger partial charge >= 0.3 is 0 Å². The van der Waals surface area contributed by atoms with Crippen molar-refractivity contribution in [3.63, 3.8) is 0 Å². The molecule has 0 amide bonds. The zero-order valence-corrected chi connectivity index (χ0v) is 18.7. The SMILES string of the molecule is BC(B)(C1CCC(F)(F)CC1)n1cc(I)c2ncc(-c3c(C)noc3C)cc21. The van der Waals surface area contributed by atoms with Crippen LogP contribution in [0.5, 0.6) is 0 Å². The Morgan fingerprint density at radius 1 is 1.29 bits per heavy atom. The molecule has 0 bridgehead atoms. The lowest BCUT2D eigenvalue weighted by Gasteiger charge is -2.41. The number of fused-ring (bicyclic) bond motifs is 1. The van der Waals surface area contributed by atoms with Gasteiger partial charge in [0.05, 0.1) is 14.8 Å². The Bertz CT molecular complexity index is 1020. The minimum atomic E-state index is -2.52. The lowest BCUT2D eigenvalue weighted by molar-refractivity contribution is -0.0498. The van der Waals surface area contributed by atoms with Gasteiger partial charge in [0.25, 0.3) is 0 Å². The van der Waals surface area contributed by atoms with Gasteiger partial charge in [0.2, 0.25) is 5.92 Å². The summed E-state index contributed by atoms with van der Waals surface area (Å²) in [5.74, 6) is -1.56. The fraction of sp³-hybridized carbons (Fsp3) is 0.474. The van der Waals surface area contributed by atoms with Gasteiger partial charge in [-0.05, 0) is 66.6 Å². The molecule has 0 unspecified atom stereocenters. The Morgan fingerprint density at radius 2 is 1.96 bits per heavy atom. The number of aryl methyl sites for hydroxylation is 2. The van der Waals surface area contributed by atoms with Crippen LogP contribution in [-0.2, 0) is 5.34 Å². The van der Waals surface area contributed by atoms with Gasteiger partial charge in [0.15, 0.2) is 0 Å². The van der Waals surface area contributed by atoms with Crippen LogP contribution in [0.4, 0.5) is 8.78 Å². The fourth-order valence-electron chi connectivity index (χ4n) is 4.52. The van der Waals surface area contributed by atoms with Crippen molar-refractivity contribution in [2.75, 3.05) is 0 Å². The summed E-state index contributed by atoms with van der Waals surface area (Å²) in [6.45, 7) is 3.82. The first-order chi connectivity index (χ1) is 13.1. The Kier molecular flexibility index (Phi) is 4.87. The molecule has 1 aliphatic carbocycles. The Balaban J connectivity index is 1.80. The van der Waals surface area contributed by atoms with E-state index in [1.165, 1.54) is 0 Å². The summed E-state index contributed by atoms with van der Waals surface area (Å²) in [6, 6.07) is 2.12. The second kappa shape index (κ2) is 6.85. The van der Waals surface area contributed by atoms with Crippen LogP contribution in [0.25, 0.3) is 22.2 Å². The van der Waals surface area contributed by atoms with Crippen molar-refractivity contribution in [2.24, 2.45) is 5.92 Å². The lowest BCUT2D eigenvalue weighted by atomic mass is 9.52. The number of nitrogens with zero attached hydrogens (tertiary/aromatic N) is 3. The number of aromatic nitrogens is 3. The van der Waals surface area contributed by atoms with Gasteiger partial charge < -0.3 is 9.09 Å². The average Bonchev–Trinajstić information content (AvgIpc) is 3.14. The summed E-state index contributed by atoms with van der Waals surface area (Å²) in [7, 11) is 4.30. The first-order valence-electron chi connectivity index (χ1n) is 9.58. The van der Waals surface area contributed by atoms with E-state index in [1.807, 2.05) is 20.0 Å². The topological polar surface area (TPSA) is 43.9 Å². The molecule has 3 heterocycles. The molecule has 146 valence electrons. The zero-order chi connectivity index (χ0) is 20.3. The van der Waals surface area contributed by atoms with E-state index in [4.69, 9.17) is 9.51 Å². The number of alkyl halides is 2. The quantitative estimate of drug-likeness (QED) is 0.413. The normalized spacial score (nSPS) is 18.0. The van der Waals surface area contributed by atoms with E-state index in [0.29, 0.717) is 12.8 Å². The lowest BCUT2D eigenvalue weighted by Crippen LogP contribution is -2.45. The molecule has 1 aliphatic rings. The van der Waals surface area contributed by atoms with Crippen LogP contribution in [0.2, 0.25) is 0 Å². The molecule has 3 aromatic heterocycles. The summed E-state index contributed by atoms with van der Waals surface area (Å²) in [5.41, 5.74) is 4.72. The summed E-state index contributed by atoms with van der Waals surface area (Å²) in [4.78, 5) is 4.70. The third kappa shape index (κ3) is 3.29. The Labute approximate surface area is 178 Å². The third-order valence-corrected chi connectivity index (χ3v) is 7.04. The second-order valence-electron chi connectivity index (χ2n) is 8.42. The van der Waals surface area contributed by atoms with Gasteiger partial charge in [-0.2, -0.15) is 0 Å². The standard InChI is InChI=1S/C19H22B2F2IN3O/c1-10-16(11(2)28-26-10)12-7-15-17(25-8-12)14(24)9-27(15)19(20,21)13-3-5-18(22,23)6-4-13/h7-9,13H,3-6,20-21H2,1-2H3. The van der Waals surface area contributed by atoms with E-state index in [0.717, 1.165) is 37.2 Å². The van der Waals surface area contributed by atoms with Gasteiger partial charge in [-0.1, -0.05) is 5.16 Å². The molecular formula is C19H22B2F2IN3O. The largest absolute Gasteiger partial charge is 0.361 e. The van der Waals surface area contributed by atoms with Gasteiger partial charge in [-0.3, -0.25) is 4.98 Å². The van der Waals surface area contributed by atoms with Crippen molar-refractivity contribution >= 4 is 49.3 Å². The maximum absolute atomic E-state index is 13.7. The molecule has 0 spiro atoms. The molecule has 4 rings (SSSR count). The second-order valence-corrected chi connectivity index (χ2v) is 9.58. The monoisotopic (exact) mass is 495 g/mol. The van der Waals surface area contributed by atoms with Gasteiger partial charge in [0.1, 0.15) is 27.0 Å². The summed E-state index contributed by atoms with van der Waals surface area (Å²) in [5, 5.41) is 3.77. The maximum atomic E-state index is 13.7. The molecule has 0 atom stereocenters. The predicted octanol–water partition coefficient (Wildman–Crippen LogP) is 3.61. The fourth-order valence-corrected chi connectivity index (χ4v) is 5.21. The third-order valence-electron chi connectivity index (χ3n) is 6.25. The smallest absolute Gasteiger partial charge is 0.248 e. The van der Waals surface area contributed by atoms with Crippen molar-refractivity contribution in [1.82, 2.24) is 14.7 Å². The van der Waals surface area contributed by atoms with E-state index in [9.17, 15) is 8.78 Å². The zero-order valence-electron chi connectivity index (χ0n) is 16.5. The first kappa shape index (κ1) is 19.9. The van der Waals surface area contributed by atoms with Gasteiger partial charge in [-0.25, -0.2) is 8.78 Å². The first-order valence-corrected chi connectivity index (χ1v) is 10.7. The minimum Gasteiger partial charge on any atom is -0.361 e. The highest BCUT2D eigenvalue weighted by molar-refractivity contribution is 14.1. The molecule has 0 radical (unpaired) electrons. The number of halogens is 3. The van der Waals surface area contributed by atoms with Crippen molar-refractivity contribution in [2.45, 2.75) is 50.8 Å². The highest BCUT2D eigenvalue weighted by Crippen LogP contribution is 2.42. The molecule has 1 saturated carbocycles. The van der Waals surface area contributed by atoms with Crippen LogP contribution in [0.3, 0.4) is 0 Å². The molecule has 0 aromatic carbocycles. The Morgan fingerprint density at radius 3 is 2.57 bits per heavy atom. The van der Waals surface area contributed by atoms with E-state index < -0.39 is 5.92 Å². The van der Waals surface area contributed by atoms with Gasteiger partial charge in [-0.15, -0.1) is 0 Å². The van der Waals surface area contributed by atoms with E-state index >= 15 is 0 Å². The summed E-state index contributed by atoms with van der Waals surface area (Å²) >= 11 is 2.30. The molecule has 0 N–H and O–H groups in total. The minimum absolute atomic E-state index is 0.0278. The van der Waals surface area contributed by atoms with Crippen LogP contribution < -0.4 is 0 Å².